The van der Waals surface area contributed by atoms with E-state index in [2.05, 4.69) is 5.32 Å². The van der Waals surface area contributed by atoms with Crippen molar-refractivity contribution in [3.63, 3.8) is 0 Å². The molecular weight excluding hydrogens is 298 g/mol. The van der Waals surface area contributed by atoms with Gasteiger partial charge in [0.1, 0.15) is 0 Å². The molecule has 1 fully saturated rings. The molecule has 2 amide bonds. The van der Waals surface area contributed by atoms with Crippen molar-refractivity contribution in [3.05, 3.63) is 33.3 Å². The summed E-state index contributed by atoms with van der Waals surface area (Å²) in [5.41, 5.74) is 0.238. The Balaban J connectivity index is 2.04. The van der Waals surface area contributed by atoms with Gasteiger partial charge in [0.25, 0.3) is 5.69 Å². The second kappa shape index (κ2) is 6.73. The van der Waals surface area contributed by atoms with Crippen molar-refractivity contribution in [1.82, 2.24) is 4.90 Å². The lowest BCUT2D eigenvalue weighted by molar-refractivity contribution is -0.384. The maximum absolute atomic E-state index is 12.2. The SMILES string of the molecule is CCC1CN(C(=O)Nc2ccc([N+](=O)[O-])cc2Cl)CCO1. The first-order chi connectivity index (χ1) is 10.0. The molecule has 1 saturated heterocycles. The molecule has 1 unspecified atom stereocenters. The van der Waals surface area contributed by atoms with Crippen molar-refractivity contribution in [2.24, 2.45) is 0 Å². The van der Waals surface area contributed by atoms with Gasteiger partial charge in [-0.3, -0.25) is 10.1 Å². The van der Waals surface area contributed by atoms with Crippen molar-refractivity contribution in [3.8, 4) is 0 Å². The van der Waals surface area contributed by atoms with Gasteiger partial charge in [-0.25, -0.2) is 4.79 Å². The van der Waals surface area contributed by atoms with Gasteiger partial charge >= 0.3 is 6.03 Å². The Bertz CT molecular complexity index is 552. The summed E-state index contributed by atoms with van der Waals surface area (Å²) < 4.78 is 5.50. The van der Waals surface area contributed by atoms with E-state index in [1.54, 1.807) is 4.90 Å². The number of nitro groups is 1. The van der Waals surface area contributed by atoms with Crippen molar-refractivity contribution in [2.45, 2.75) is 19.4 Å². The van der Waals surface area contributed by atoms with E-state index in [1.165, 1.54) is 18.2 Å². The van der Waals surface area contributed by atoms with E-state index in [9.17, 15) is 14.9 Å². The number of ether oxygens (including phenoxy) is 1. The Morgan fingerprint density at radius 3 is 3.00 bits per heavy atom. The first-order valence-electron chi connectivity index (χ1n) is 6.62. The number of nitro benzene ring substituents is 1. The summed E-state index contributed by atoms with van der Waals surface area (Å²) in [6.45, 7) is 3.53. The minimum absolute atomic E-state index is 0.0387. The zero-order valence-corrected chi connectivity index (χ0v) is 12.3. The quantitative estimate of drug-likeness (QED) is 0.687. The molecule has 0 saturated carbocycles. The third kappa shape index (κ3) is 3.83. The Morgan fingerprint density at radius 1 is 1.62 bits per heavy atom. The van der Waals surface area contributed by atoms with E-state index in [0.717, 1.165) is 6.42 Å². The molecule has 7 nitrogen and oxygen atoms in total. The van der Waals surface area contributed by atoms with Crippen LogP contribution in [0.3, 0.4) is 0 Å². The summed E-state index contributed by atoms with van der Waals surface area (Å²) in [6, 6.07) is 3.66. The fraction of sp³-hybridized carbons (Fsp3) is 0.462. The Labute approximate surface area is 127 Å². The third-order valence-electron chi connectivity index (χ3n) is 3.29. The molecule has 1 atom stereocenters. The van der Waals surface area contributed by atoms with Crippen LogP contribution in [0.2, 0.25) is 5.02 Å². The van der Waals surface area contributed by atoms with E-state index in [-0.39, 0.29) is 22.8 Å². The van der Waals surface area contributed by atoms with Crippen molar-refractivity contribution in [1.29, 1.82) is 0 Å². The number of anilines is 1. The van der Waals surface area contributed by atoms with Crippen LogP contribution >= 0.6 is 11.6 Å². The first kappa shape index (κ1) is 15.5. The maximum atomic E-state index is 12.2. The predicted molar refractivity (Wildman–Crippen MR) is 78.7 cm³/mol. The lowest BCUT2D eigenvalue weighted by Crippen LogP contribution is -2.47. The second-order valence-electron chi connectivity index (χ2n) is 4.70. The number of halogens is 1. The molecule has 0 bridgehead atoms. The Hall–Kier alpha value is -1.86. The van der Waals surface area contributed by atoms with Crippen LogP contribution in [-0.2, 0) is 4.74 Å². The number of nitrogens with zero attached hydrogens (tertiary/aromatic N) is 2. The molecule has 2 rings (SSSR count). The summed E-state index contributed by atoms with van der Waals surface area (Å²) in [4.78, 5) is 23.9. The lowest BCUT2D eigenvalue weighted by Gasteiger charge is -2.32. The topological polar surface area (TPSA) is 84.7 Å². The van der Waals surface area contributed by atoms with Crippen molar-refractivity contribution in [2.75, 3.05) is 25.0 Å². The number of carbonyl (C=O) groups is 1. The van der Waals surface area contributed by atoms with Crippen LogP contribution in [0, 0.1) is 10.1 Å². The number of hydrogen-bond donors (Lipinski definition) is 1. The van der Waals surface area contributed by atoms with Crippen LogP contribution in [-0.4, -0.2) is 41.7 Å². The van der Waals surface area contributed by atoms with Crippen LogP contribution < -0.4 is 5.32 Å². The van der Waals surface area contributed by atoms with Gasteiger partial charge in [0.15, 0.2) is 0 Å². The molecule has 0 radical (unpaired) electrons. The molecule has 1 aliphatic heterocycles. The molecule has 0 aliphatic carbocycles. The summed E-state index contributed by atoms with van der Waals surface area (Å²) >= 11 is 5.95. The van der Waals surface area contributed by atoms with Gasteiger partial charge < -0.3 is 15.0 Å². The van der Waals surface area contributed by atoms with Crippen LogP contribution in [0.4, 0.5) is 16.2 Å². The van der Waals surface area contributed by atoms with E-state index in [4.69, 9.17) is 16.3 Å². The van der Waals surface area contributed by atoms with Crippen LogP contribution in [0.5, 0.6) is 0 Å². The molecule has 0 spiro atoms. The molecule has 1 aromatic carbocycles. The molecule has 114 valence electrons. The van der Waals surface area contributed by atoms with Gasteiger partial charge in [0.2, 0.25) is 0 Å². The van der Waals surface area contributed by atoms with Gasteiger partial charge in [0, 0.05) is 25.2 Å². The largest absolute Gasteiger partial charge is 0.375 e. The zero-order valence-electron chi connectivity index (χ0n) is 11.5. The second-order valence-corrected chi connectivity index (χ2v) is 5.11. The number of nitrogens with one attached hydrogen (secondary N) is 1. The summed E-state index contributed by atoms with van der Waals surface area (Å²) in [7, 11) is 0. The fourth-order valence-electron chi connectivity index (χ4n) is 2.06. The van der Waals surface area contributed by atoms with Gasteiger partial charge in [-0.15, -0.1) is 0 Å². The molecule has 1 heterocycles. The molecule has 1 aliphatic rings. The normalized spacial score (nSPS) is 18.4. The highest BCUT2D eigenvalue weighted by Crippen LogP contribution is 2.27. The van der Waals surface area contributed by atoms with Gasteiger partial charge in [-0.2, -0.15) is 0 Å². The van der Waals surface area contributed by atoms with Gasteiger partial charge in [0.05, 0.1) is 28.3 Å². The molecule has 1 aromatic rings. The number of hydrogen-bond acceptors (Lipinski definition) is 4. The summed E-state index contributed by atoms with van der Waals surface area (Å²) in [6.07, 6.45) is 0.874. The number of rotatable bonds is 3. The number of morpholine rings is 1. The van der Waals surface area contributed by atoms with Gasteiger partial charge in [-0.05, 0) is 12.5 Å². The average molecular weight is 314 g/mol. The Morgan fingerprint density at radius 2 is 2.38 bits per heavy atom. The van der Waals surface area contributed by atoms with Gasteiger partial charge in [-0.1, -0.05) is 18.5 Å². The monoisotopic (exact) mass is 313 g/mol. The van der Waals surface area contributed by atoms with E-state index < -0.39 is 4.92 Å². The van der Waals surface area contributed by atoms with Crippen molar-refractivity contribution < 1.29 is 14.5 Å². The third-order valence-corrected chi connectivity index (χ3v) is 3.60. The minimum atomic E-state index is -0.536. The standard InChI is InChI=1S/C13H16ClN3O4/c1-2-10-8-16(5-6-21-10)13(18)15-12-4-3-9(17(19)20)7-11(12)14/h3-4,7,10H,2,5-6,8H2,1H3,(H,15,18). The highest BCUT2D eigenvalue weighted by molar-refractivity contribution is 6.33. The van der Waals surface area contributed by atoms with Crippen LogP contribution in [0.25, 0.3) is 0 Å². The number of carbonyl (C=O) groups excluding carboxylic acids is 1. The highest BCUT2D eigenvalue weighted by Gasteiger charge is 2.23. The smallest absolute Gasteiger partial charge is 0.322 e. The number of amides is 2. The van der Waals surface area contributed by atoms with Crippen LogP contribution in [0.1, 0.15) is 13.3 Å². The number of benzene rings is 1. The molecule has 0 aromatic heterocycles. The summed E-state index contributed by atoms with van der Waals surface area (Å²) in [5, 5.41) is 13.4. The average Bonchev–Trinajstić information content (AvgIpc) is 2.49. The highest BCUT2D eigenvalue weighted by atomic mass is 35.5. The predicted octanol–water partition coefficient (Wildman–Crippen LogP) is 2.89. The molecule has 21 heavy (non-hydrogen) atoms. The Kier molecular flexibility index (Phi) is 4.98. The van der Waals surface area contributed by atoms with E-state index >= 15 is 0 Å². The summed E-state index contributed by atoms with van der Waals surface area (Å²) in [5.74, 6) is 0. The maximum Gasteiger partial charge on any atom is 0.322 e. The van der Waals surface area contributed by atoms with E-state index in [0.29, 0.717) is 25.4 Å². The minimum Gasteiger partial charge on any atom is -0.375 e. The van der Waals surface area contributed by atoms with E-state index in [1.807, 2.05) is 6.92 Å². The lowest BCUT2D eigenvalue weighted by atomic mass is 10.2. The first-order valence-corrected chi connectivity index (χ1v) is 7.00. The van der Waals surface area contributed by atoms with Crippen molar-refractivity contribution >= 4 is 29.0 Å². The molecule has 1 N–H and O–H groups in total. The number of urea groups is 1. The molecule has 8 heteroatoms. The number of non-ortho nitro benzene ring substituents is 1. The fourth-order valence-corrected chi connectivity index (χ4v) is 2.29. The zero-order chi connectivity index (χ0) is 15.4. The molecular formula is C13H16ClN3O4. The van der Waals surface area contributed by atoms with Crippen LogP contribution in [0.15, 0.2) is 18.2 Å².